The molecule has 2 aliphatic rings. The van der Waals surface area contributed by atoms with Crippen LogP contribution in [0.25, 0.3) is 22.9 Å². The van der Waals surface area contributed by atoms with E-state index in [1.165, 1.54) is 12.2 Å². The molecule has 12 heteroatoms. The predicted octanol–water partition coefficient (Wildman–Crippen LogP) is 7.70. The number of hydrogen-bond acceptors (Lipinski definition) is 12. The number of carbonyl (C=O) groups is 2. The molecule has 0 N–H and O–H groups in total. The van der Waals surface area contributed by atoms with Crippen LogP contribution in [0.1, 0.15) is 112 Å². The molecule has 0 amide bonds. The molecule has 0 saturated heterocycles. The maximum atomic E-state index is 13.8. The second kappa shape index (κ2) is 18.1. The Morgan fingerprint density at radius 2 is 1.06 bits per heavy atom. The lowest BCUT2D eigenvalue weighted by atomic mass is 9.82. The summed E-state index contributed by atoms with van der Waals surface area (Å²) in [6, 6.07) is 11.8. The highest BCUT2D eigenvalue weighted by atomic mass is 16.6. The average Bonchev–Trinajstić information content (AvgIpc) is 3.81. The third-order valence-electron chi connectivity index (χ3n) is 10.4. The van der Waals surface area contributed by atoms with E-state index in [0.717, 1.165) is 111 Å². The Labute approximate surface area is 318 Å². The summed E-state index contributed by atoms with van der Waals surface area (Å²) in [5.41, 5.74) is 5.40. The van der Waals surface area contributed by atoms with Crippen molar-refractivity contribution < 1.29 is 28.1 Å². The zero-order valence-corrected chi connectivity index (χ0v) is 32.5. The van der Waals surface area contributed by atoms with Crippen molar-refractivity contribution in [3.8, 4) is 22.9 Å². The highest BCUT2D eigenvalue weighted by molar-refractivity contribution is 5.92. The van der Waals surface area contributed by atoms with Gasteiger partial charge in [-0.2, -0.15) is 9.97 Å². The topological polar surface area (TPSA) is 137 Å². The molecular formula is C42H54N6O6. The summed E-state index contributed by atoms with van der Waals surface area (Å²) in [6.07, 6.45) is 8.30. The average molecular weight is 739 g/mol. The highest BCUT2D eigenvalue weighted by Crippen LogP contribution is 2.43. The lowest BCUT2D eigenvalue weighted by Gasteiger charge is -2.41. The van der Waals surface area contributed by atoms with Gasteiger partial charge in [0.2, 0.25) is 0 Å². The summed E-state index contributed by atoms with van der Waals surface area (Å²) in [5, 5.41) is 8.06. The molecule has 2 aromatic carbocycles. The monoisotopic (exact) mass is 738 g/mol. The van der Waals surface area contributed by atoms with E-state index in [4.69, 9.17) is 18.5 Å². The van der Waals surface area contributed by atoms with Gasteiger partial charge in [-0.15, -0.1) is 0 Å². The zero-order chi connectivity index (χ0) is 38.2. The summed E-state index contributed by atoms with van der Waals surface area (Å²) in [7, 11) is 0. The minimum Gasteiger partial charge on any atom is -0.453 e. The first-order chi connectivity index (χ1) is 26.3. The quantitative estimate of drug-likeness (QED) is 0.0823. The van der Waals surface area contributed by atoms with Crippen LogP contribution < -0.4 is 0 Å². The smallest absolute Gasteiger partial charge is 0.331 e. The van der Waals surface area contributed by atoms with Gasteiger partial charge in [-0.05, 0) is 115 Å². The van der Waals surface area contributed by atoms with E-state index >= 15 is 0 Å². The largest absolute Gasteiger partial charge is 0.453 e. The van der Waals surface area contributed by atoms with Crippen LogP contribution in [0.2, 0.25) is 0 Å². The van der Waals surface area contributed by atoms with Crippen molar-refractivity contribution in [1.29, 1.82) is 0 Å². The van der Waals surface area contributed by atoms with Crippen molar-refractivity contribution in [3.63, 3.8) is 0 Å². The van der Waals surface area contributed by atoms with Gasteiger partial charge < -0.3 is 18.5 Å². The minimum atomic E-state index is -0.625. The number of hydrogen-bond donors (Lipinski definition) is 0. The van der Waals surface area contributed by atoms with Crippen LogP contribution >= 0.6 is 0 Å². The molecule has 2 heterocycles. The Bertz CT molecular complexity index is 1770. The number of fused-ring (bicyclic) bond motifs is 2. The Morgan fingerprint density at radius 3 is 1.39 bits per heavy atom. The number of rotatable bonds is 16. The molecule has 0 fully saturated rings. The SMILES string of the molecule is CCCN(CCC)C1CCc2cccc(-c3nc(C)no3)c2C1OC(=O)/C=C\C(=O)OC1c2c(cccc2-c2nc(C)no2)CCC1N(CCC)CCC. The molecule has 4 aromatic rings. The second-order valence-corrected chi connectivity index (χ2v) is 14.4. The molecule has 54 heavy (non-hydrogen) atoms. The molecule has 0 aliphatic heterocycles. The number of carbonyl (C=O) groups excluding carboxylic acids is 2. The van der Waals surface area contributed by atoms with Gasteiger partial charge in [-0.25, -0.2) is 9.59 Å². The lowest BCUT2D eigenvalue weighted by Crippen LogP contribution is -2.45. The van der Waals surface area contributed by atoms with Gasteiger partial charge in [0.25, 0.3) is 11.8 Å². The van der Waals surface area contributed by atoms with E-state index in [9.17, 15) is 9.59 Å². The number of esters is 2. The van der Waals surface area contributed by atoms with Crippen LogP contribution in [0, 0.1) is 13.8 Å². The first kappa shape index (κ1) is 39.0. The van der Waals surface area contributed by atoms with E-state index in [1.54, 1.807) is 13.8 Å². The van der Waals surface area contributed by atoms with Crippen LogP contribution in [-0.4, -0.2) is 80.3 Å². The number of aromatic nitrogens is 4. The van der Waals surface area contributed by atoms with E-state index in [1.807, 2.05) is 24.3 Å². The van der Waals surface area contributed by atoms with Crippen molar-refractivity contribution in [2.45, 2.75) is 117 Å². The van der Waals surface area contributed by atoms with Crippen LogP contribution in [0.5, 0.6) is 0 Å². The zero-order valence-electron chi connectivity index (χ0n) is 32.5. The fourth-order valence-electron chi connectivity index (χ4n) is 8.34. The van der Waals surface area contributed by atoms with Crippen molar-refractivity contribution >= 4 is 11.9 Å². The Hall–Kier alpha value is -4.68. The lowest BCUT2D eigenvalue weighted by molar-refractivity contribution is -0.150. The van der Waals surface area contributed by atoms with Crippen LogP contribution in [-0.2, 0) is 31.9 Å². The van der Waals surface area contributed by atoms with Gasteiger partial charge >= 0.3 is 11.9 Å². The summed E-state index contributed by atoms with van der Waals surface area (Å²) in [4.78, 5) is 41.5. The van der Waals surface area contributed by atoms with Gasteiger partial charge in [-0.3, -0.25) is 9.80 Å². The van der Waals surface area contributed by atoms with E-state index < -0.39 is 24.1 Å². The fraction of sp³-hybridized carbons (Fsp3) is 0.524. The van der Waals surface area contributed by atoms with E-state index in [0.29, 0.717) is 23.4 Å². The number of nitrogens with zero attached hydrogens (tertiary/aromatic N) is 6. The molecule has 2 aromatic heterocycles. The molecule has 4 atom stereocenters. The number of ether oxygens (including phenoxy) is 2. The molecule has 12 nitrogen and oxygen atoms in total. The molecule has 0 radical (unpaired) electrons. The molecule has 4 unspecified atom stereocenters. The summed E-state index contributed by atoms with van der Waals surface area (Å²) < 4.78 is 24.0. The number of aryl methyl sites for hydroxylation is 4. The molecule has 6 rings (SSSR count). The standard InChI is InChI=1S/C42H54N6O6/c1-7-23-47(24-8-2)33-19-17-29-13-11-15-31(41-43-27(5)45-53-41)37(29)39(33)51-35(49)21-22-36(50)52-40-34(48(25-9-3)26-10-4)20-18-30-14-12-16-32(38(30)40)42-44-28(6)46-54-42/h11-16,21-22,33-34,39-40H,7-10,17-20,23-26H2,1-6H3/b22-21-. The predicted molar refractivity (Wildman–Crippen MR) is 204 cm³/mol. The first-order valence-corrected chi connectivity index (χ1v) is 19.7. The van der Waals surface area contributed by atoms with E-state index in [2.05, 4.69) is 69.9 Å². The maximum Gasteiger partial charge on any atom is 0.331 e. The fourth-order valence-corrected chi connectivity index (χ4v) is 8.34. The van der Waals surface area contributed by atoms with Crippen molar-refractivity contribution in [2.75, 3.05) is 26.2 Å². The third kappa shape index (κ3) is 8.65. The molecule has 2 aliphatic carbocycles. The molecule has 0 saturated carbocycles. The highest BCUT2D eigenvalue weighted by Gasteiger charge is 2.40. The molecule has 288 valence electrons. The van der Waals surface area contributed by atoms with Gasteiger partial charge in [0.15, 0.2) is 11.6 Å². The summed E-state index contributed by atoms with van der Waals surface area (Å²) in [6.45, 7) is 15.7. The van der Waals surface area contributed by atoms with Crippen LogP contribution in [0.15, 0.2) is 57.6 Å². The summed E-state index contributed by atoms with van der Waals surface area (Å²) in [5.74, 6) is 0.581. The second-order valence-electron chi connectivity index (χ2n) is 14.4. The van der Waals surface area contributed by atoms with Gasteiger partial charge in [0.05, 0.1) is 12.1 Å². The summed E-state index contributed by atoms with van der Waals surface area (Å²) >= 11 is 0. The van der Waals surface area contributed by atoms with Crippen LogP contribution in [0.3, 0.4) is 0 Å². The number of benzene rings is 2. The first-order valence-electron chi connectivity index (χ1n) is 19.7. The molecule has 0 spiro atoms. The third-order valence-corrected chi connectivity index (χ3v) is 10.4. The van der Waals surface area contributed by atoms with Gasteiger partial charge in [0, 0.05) is 34.4 Å². The van der Waals surface area contributed by atoms with Gasteiger partial charge in [0.1, 0.15) is 12.2 Å². The van der Waals surface area contributed by atoms with Crippen molar-refractivity contribution in [1.82, 2.24) is 30.1 Å². The van der Waals surface area contributed by atoms with Crippen molar-refractivity contribution in [2.24, 2.45) is 0 Å². The minimum absolute atomic E-state index is 0.0683. The molecular weight excluding hydrogens is 684 g/mol. The van der Waals surface area contributed by atoms with Crippen molar-refractivity contribution in [3.05, 3.63) is 82.5 Å². The Kier molecular flexibility index (Phi) is 13.1. The van der Waals surface area contributed by atoms with Crippen LogP contribution in [0.4, 0.5) is 0 Å². The normalized spacial score (nSPS) is 19.6. The Morgan fingerprint density at radius 1 is 0.667 bits per heavy atom. The Balaban J connectivity index is 1.30. The van der Waals surface area contributed by atoms with E-state index in [-0.39, 0.29) is 12.1 Å². The van der Waals surface area contributed by atoms with Gasteiger partial charge in [-0.1, -0.05) is 62.3 Å². The maximum absolute atomic E-state index is 13.8. The molecule has 0 bridgehead atoms.